The van der Waals surface area contributed by atoms with Crippen molar-refractivity contribution < 1.29 is 24.2 Å². The van der Waals surface area contributed by atoms with Crippen LogP contribution < -0.4 is 15.4 Å². The van der Waals surface area contributed by atoms with E-state index in [1.54, 1.807) is 24.3 Å². The maximum Gasteiger partial charge on any atom is 0.408 e. The Morgan fingerprint density at radius 2 is 1.57 bits per heavy atom. The Morgan fingerprint density at radius 3 is 2.20 bits per heavy atom. The Balaban J connectivity index is 1.51. The molecule has 3 aromatic carbocycles. The molecular weight excluding hydrogens is 444 g/mol. The van der Waals surface area contributed by atoms with Crippen molar-refractivity contribution in [3.05, 3.63) is 84.4 Å². The number of ether oxygens (including phenoxy) is 2. The highest BCUT2D eigenvalue weighted by molar-refractivity contribution is 5.99. The van der Waals surface area contributed by atoms with Gasteiger partial charge in [-0.2, -0.15) is 0 Å². The Bertz CT molecular complexity index is 1080. The lowest BCUT2D eigenvalue weighted by atomic mass is 10.0. The van der Waals surface area contributed by atoms with Gasteiger partial charge in [0.1, 0.15) is 17.9 Å². The van der Waals surface area contributed by atoms with Crippen LogP contribution in [0.3, 0.4) is 0 Å². The largest absolute Gasteiger partial charge is 0.489 e. The van der Waals surface area contributed by atoms with E-state index in [2.05, 4.69) is 34.9 Å². The molecule has 0 bridgehead atoms. The zero-order valence-corrected chi connectivity index (χ0v) is 20.1. The molecule has 0 spiro atoms. The number of nitrogens with one attached hydrogen (secondary N) is 2. The number of aliphatic hydroxyl groups is 1. The zero-order valence-electron chi connectivity index (χ0n) is 20.1. The van der Waals surface area contributed by atoms with Gasteiger partial charge in [-0.25, -0.2) is 4.79 Å². The standard InChI is InChI=1S/C28H32N2O5/c1-3-4-18-34-27(33)30-28(2,20-31)26(32)29-24-14-16-25(17-15-24)35-19-21-10-12-23(13-11-21)22-8-6-5-7-9-22/h5-17,31H,3-4,18-20H2,1-2H3,(H,29,32)(H,30,33). The number of carbonyl (C=O) groups is 2. The van der Waals surface area contributed by atoms with Gasteiger partial charge in [0.05, 0.1) is 13.2 Å². The molecule has 0 heterocycles. The molecule has 0 saturated carbocycles. The molecular formula is C28H32N2O5. The Hall–Kier alpha value is -3.84. The average molecular weight is 477 g/mol. The molecule has 0 aliphatic heterocycles. The van der Waals surface area contributed by atoms with Crippen LogP contribution in [0.1, 0.15) is 32.3 Å². The minimum Gasteiger partial charge on any atom is -0.489 e. The maximum atomic E-state index is 12.7. The molecule has 0 aromatic heterocycles. The topological polar surface area (TPSA) is 96.9 Å². The number of benzene rings is 3. The van der Waals surface area contributed by atoms with Crippen LogP contribution in [-0.4, -0.2) is 35.9 Å². The summed E-state index contributed by atoms with van der Waals surface area (Å²) in [7, 11) is 0. The molecule has 3 aromatic rings. The quantitative estimate of drug-likeness (QED) is 0.333. The van der Waals surface area contributed by atoms with E-state index in [1.807, 2.05) is 37.3 Å². The molecule has 184 valence electrons. The maximum absolute atomic E-state index is 12.7. The molecule has 3 N–H and O–H groups in total. The first kappa shape index (κ1) is 25.8. The normalized spacial score (nSPS) is 12.3. The minimum absolute atomic E-state index is 0.254. The Kier molecular flexibility index (Phi) is 9.26. The summed E-state index contributed by atoms with van der Waals surface area (Å²) in [5, 5.41) is 14.8. The van der Waals surface area contributed by atoms with E-state index >= 15 is 0 Å². The second-order valence-electron chi connectivity index (χ2n) is 8.43. The lowest BCUT2D eigenvalue weighted by Crippen LogP contribution is -2.57. The number of amides is 2. The fourth-order valence-corrected chi connectivity index (χ4v) is 3.23. The summed E-state index contributed by atoms with van der Waals surface area (Å²) in [5.41, 5.74) is 2.34. The summed E-state index contributed by atoms with van der Waals surface area (Å²) in [6.07, 6.45) is 0.861. The second kappa shape index (κ2) is 12.6. The number of aliphatic hydroxyl groups excluding tert-OH is 1. The van der Waals surface area contributed by atoms with Crippen molar-refractivity contribution >= 4 is 17.7 Å². The van der Waals surface area contributed by atoms with Crippen LogP contribution in [0.4, 0.5) is 10.5 Å². The highest BCUT2D eigenvalue weighted by Gasteiger charge is 2.35. The summed E-state index contributed by atoms with van der Waals surface area (Å²) < 4.78 is 10.9. The Morgan fingerprint density at radius 1 is 0.914 bits per heavy atom. The summed E-state index contributed by atoms with van der Waals surface area (Å²) in [5.74, 6) is 0.0947. The van der Waals surface area contributed by atoms with Crippen LogP contribution in [0.5, 0.6) is 5.75 Å². The van der Waals surface area contributed by atoms with Gasteiger partial charge in [0, 0.05) is 5.69 Å². The van der Waals surface area contributed by atoms with Crippen molar-refractivity contribution in [2.75, 3.05) is 18.5 Å². The monoisotopic (exact) mass is 476 g/mol. The molecule has 1 atom stereocenters. The van der Waals surface area contributed by atoms with E-state index in [0.29, 0.717) is 18.0 Å². The molecule has 0 fully saturated rings. The van der Waals surface area contributed by atoms with Gasteiger partial charge >= 0.3 is 6.09 Å². The number of rotatable bonds is 11. The lowest BCUT2D eigenvalue weighted by molar-refractivity contribution is -0.123. The van der Waals surface area contributed by atoms with Gasteiger partial charge in [0.25, 0.3) is 5.91 Å². The van der Waals surface area contributed by atoms with E-state index in [0.717, 1.165) is 24.0 Å². The third kappa shape index (κ3) is 7.58. The predicted octanol–water partition coefficient (Wildman–Crippen LogP) is 5.15. The number of unbranched alkanes of at least 4 members (excludes halogenated alkanes) is 1. The van der Waals surface area contributed by atoms with Crippen LogP contribution in [0, 0.1) is 0 Å². The van der Waals surface area contributed by atoms with Crippen LogP contribution in [0.15, 0.2) is 78.9 Å². The summed E-state index contributed by atoms with van der Waals surface area (Å²) >= 11 is 0. The second-order valence-corrected chi connectivity index (χ2v) is 8.43. The van der Waals surface area contributed by atoms with Crippen molar-refractivity contribution in [2.24, 2.45) is 0 Å². The molecule has 1 unspecified atom stereocenters. The summed E-state index contributed by atoms with van der Waals surface area (Å²) in [6.45, 7) is 3.50. The fraction of sp³-hybridized carbons (Fsp3) is 0.286. The third-order valence-electron chi connectivity index (χ3n) is 5.51. The molecule has 3 rings (SSSR count). The van der Waals surface area contributed by atoms with E-state index in [1.165, 1.54) is 12.5 Å². The first-order valence-corrected chi connectivity index (χ1v) is 11.7. The lowest BCUT2D eigenvalue weighted by Gasteiger charge is -2.27. The predicted molar refractivity (Wildman–Crippen MR) is 136 cm³/mol. The highest BCUT2D eigenvalue weighted by atomic mass is 16.5. The number of alkyl carbamates (subject to hydrolysis) is 1. The van der Waals surface area contributed by atoms with Gasteiger partial charge in [0.2, 0.25) is 0 Å². The van der Waals surface area contributed by atoms with Crippen LogP contribution in [0.2, 0.25) is 0 Å². The summed E-state index contributed by atoms with van der Waals surface area (Å²) in [6, 6.07) is 25.3. The molecule has 0 aliphatic rings. The van der Waals surface area contributed by atoms with Crippen molar-refractivity contribution in [3.8, 4) is 16.9 Å². The molecule has 0 saturated heterocycles. The van der Waals surface area contributed by atoms with Crippen molar-refractivity contribution in [1.29, 1.82) is 0 Å². The highest BCUT2D eigenvalue weighted by Crippen LogP contribution is 2.21. The minimum atomic E-state index is -1.52. The van der Waals surface area contributed by atoms with Gasteiger partial charge in [-0.1, -0.05) is 67.9 Å². The van der Waals surface area contributed by atoms with E-state index in [-0.39, 0.29) is 6.61 Å². The first-order chi connectivity index (χ1) is 16.9. The number of hydrogen-bond donors (Lipinski definition) is 3. The SMILES string of the molecule is CCCCOC(=O)NC(C)(CO)C(=O)Nc1ccc(OCc2ccc(-c3ccccc3)cc2)cc1. The van der Waals surface area contributed by atoms with E-state index < -0.39 is 24.1 Å². The molecule has 7 heteroatoms. The smallest absolute Gasteiger partial charge is 0.408 e. The van der Waals surface area contributed by atoms with Gasteiger partial charge in [-0.15, -0.1) is 0 Å². The van der Waals surface area contributed by atoms with Crippen molar-refractivity contribution in [1.82, 2.24) is 5.32 Å². The molecule has 0 aliphatic carbocycles. The van der Waals surface area contributed by atoms with Gasteiger partial charge in [-0.05, 0) is 54.3 Å². The van der Waals surface area contributed by atoms with Gasteiger partial charge < -0.3 is 25.2 Å². The summed E-state index contributed by atoms with van der Waals surface area (Å²) in [4.78, 5) is 24.6. The molecule has 35 heavy (non-hydrogen) atoms. The Labute approximate surface area is 206 Å². The van der Waals surface area contributed by atoms with Crippen LogP contribution in [-0.2, 0) is 16.1 Å². The van der Waals surface area contributed by atoms with Crippen LogP contribution in [0.25, 0.3) is 11.1 Å². The average Bonchev–Trinajstić information content (AvgIpc) is 2.89. The van der Waals surface area contributed by atoms with E-state index in [9.17, 15) is 14.7 Å². The molecule has 0 radical (unpaired) electrons. The third-order valence-corrected chi connectivity index (χ3v) is 5.51. The van der Waals surface area contributed by atoms with Crippen LogP contribution >= 0.6 is 0 Å². The fourth-order valence-electron chi connectivity index (χ4n) is 3.23. The van der Waals surface area contributed by atoms with E-state index in [4.69, 9.17) is 9.47 Å². The zero-order chi connectivity index (χ0) is 25.1. The van der Waals surface area contributed by atoms with Crippen molar-refractivity contribution in [3.63, 3.8) is 0 Å². The number of anilines is 1. The van der Waals surface area contributed by atoms with Gasteiger partial charge in [0.15, 0.2) is 0 Å². The number of carbonyl (C=O) groups excluding carboxylic acids is 2. The molecule has 2 amide bonds. The molecule has 7 nitrogen and oxygen atoms in total. The van der Waals surface area contributed by atoms with Gasteiger partial charge in [-0.3, -0.25) is 4.79 Å². The van der Waals surface area contributed by atoms with Crippen molar-refractivity contribution in [2.45, 2.75) is 38.8 Å². The first-order valence-electron chi connectivity index (χ1n) is 11.7. The number of hydrogen-bond acceptors (Lipinski definition) is 5.